The maximum absolute atomic E-state index is 8.62. The average Bonchev–Trinajstić information content (AvgIpc) is 2.41. The minimum absolute atomic E-state index is 0.138. The second kappa shape index (κ2) is 7.86. The van der Waals surface area contributed by atoms with Crippen molar-refractivity contribution in [1.29, 1.82) is 10.5 Å². The summed E-state index contributed by atoms with van der Waals surface area (Å²) in [5.74, 6) is 0.759. The maximum atomic E-state index is 8.62. The van der Waals surface area contributed by atoms with E-state index in [0.717, 1.165) is 6.42 Å². The predicted octanol–water partition coefficient (Wildman–Crippen LogP) is 2.56. The number of rotatable bonds is 5. The second-order valence-electron chi connectivity index (χ2n) is 3.87. The third-order valence-corrected chi connectivity index (χ3v) is 2.71. The zero-order valence-corrected chi connectivity index (χ0v) is 10.4. The molecule has 0 amide bonds. The van der Waals surface area contributed by atoms with Gasteiger partial charge in [-0.2, -0.15) is 10.5 Å². The smallest absolute Gasteiger partial charge is 0.182 e. The van der Waals surface area contributed by atoms with Gasteiger partial charge in [-0.1, -0.05) is 37.3 Å². The predicted molar refractivity (Wildman–Crippen MR) is 70.8 cm³/mol. The van der Waals surface area contributed by atoms with Gasteiger partial charge in [-0.15, -0.1) is 0 Å². The monoisotopic (exact) mass is 240 g/mol. The standard InChI is InChI=1S/C14H16N4/c1-2-12(13-6-4-3-5-7-13)10-17-14(8-9-15)18-11-16/h3-7,12H,2,8,10H2,1H3,(H,17,18). The molecule has 0 spiro atoms. The van der Waals surface area contributed by atoms with Crippen LogP contribution in [-0.4, -0.2) is 12.4 Å². The van der Waals surface area contributed by atoms with Crippen LogP contribution in [0.25, 0.3) is 0 Å². The van der Waals surface area contributed by atoms with Crippen molar-refractivity contribution >= 4 is 5.84 Å². The van der Waals surface area contributed by atoms with E-state index in [1.807, 2.05) is 24.3 Å². The first-order valence-electron chi connectivity index (χ1n) is 5.92. The van der Waals surface area contributed by atoms with Crippen molar-refractivity contribution in [3.8, 4) is 12.3 Å². The van der Waals surface area contributed by atoms with E-state index in [4.69, 9.17) is 10.5 Å². The van der Waals surface area contributed by atoms with E-state index in [-0.39, 0.29) is 6.42 Å². The van der Waals surface area contributed by atoms with Gasteiger partial charge in [-0.25, -0.2) is 0 Å². The normalized spacial score (nSPS) is 12.3. The molecule has 0 radical (unpaired) electrons. The molecule has 0 aromatic heterocycles. The van der Waals surface area contributed by atoms with Crippen LogP contribution in [0.15, 0.2) is 35.3 Å². The van der Waals surface area contributed by atoms with Crippen LogP contribution in [0.2, 0.25) is 0 Å². The Labute approximate surface area is 108 Å². The van der Waals surface area contributed by atoms with Crippen molar-refractivity contribution in [1.82, 2.24) is 5.32 Å². The summed E-state index contributed by atoms with van der Waals surface area (Å²) >= 11 is 0. The molecule has 0 aliphatic rings. The molecule has 1 atom stereocenters. The minimum atomic E-state index is 0.138. The third-order valence-electron chi connectivity index (χ3n) is 2.71. The van der Waals surface area contributed by atoms with Gasteiger partial charge in [0.25, 0.3) is 0 Å². The first kappa shape index (κ1) is 13.7. The molecular formula is C14H16N4. The third kappa shape index (κ3) is 4.27. The van der Waals surface area contributed by atoms with Gasteiger partial charge in [0.15, 0.2) is 6.19 Å². The van der Waals surface area contributed by atoms with E-state index in [0.29, 0.717) is 18.3 Å². The molecule has 1 N–H and O–H groups in total. The van der Waals surface area contributed by atoms with Crippen molar-refractivity contribution in [2.45, 2.75) is 25.7 Å². The molecule has 0 heterocycles. The van der Waals surface area contributed by atoms with Crippen molar-refractivity contribution in [2.75, 3.05) is 6.54 Å². The van der Waals surface area contributed by atoms with Crippen molar-refractivity contribution in [2.24, 2.45) is 4.99 Å². The van der Waals surface area contributed by atoms with Crippen LogP contribution in [0.4, 0.5) is 0 Å². The second-order valence-corrected chi connectivity index (χ2v) is 3.87. The van der Waals surface area contributed by atoms with Crippen LogP contribution in [0, 0.1) is 22.8 Å². The molecule has 92 valence electrons. The lowest BCUT2D eigenvalue weighted by Gasteiger charge is -2.13. The highest BCUT2D eigenvalue weighted by Crippen LogP contribution is 2.19. The molecule has 1 unspecified atom stereocenters. The number of benzene rings is 1. The number of nitrogens with one attached hydrogen (secondary N) is 1. The highest BCUT2D eigenvalue weighted by molar-refractivity contribution is 5.85. The lowest BCUT2D eigenvalue weighted by atomic mass is 9.97. The summed E-state index contributed by atoms with van der Waals surface area (Å²) in [5, 5.41) is 19.6. The molecule has 1 aromatic rings. The Bertz CT molecular complexity index is 447. The molecule has 1 aromatic carbocycles. The van der Waals surface area contributed by atoms with Crippen molar-refractivity contribution < 1.29 is 0 Å². The van der Waals surface area contributed by atoms with E-state index in [2.05, 4.69) is 29.4 Å². The molecule has 18 heavy (non-hydrogen) atoms. The van der Waals surface area contributed by atoms with E-state index >= 15 is 0 Å². The fourth-order valence-corrected chi connectivity index (χ4v) is 1.69. The van der Waals surface area contributed by atoms with Gasteiger partial charge in [0.1, 0.15) is 5.84 Å². The number of hydrogen-bond acceptors (Lipinski definition) is 3. The topological polar surface area (TPSA) is 72.0 Å². The van der Waals surface area contributed by atoms with E-state index in [9.17, 15) is 0 Å². The fraction of sp³-hybridized carbons (Fsp3) is 0.357. The summed E-state index contributed by atoms with van der Waals surface area (Å²) < 4.78 is 0. The lowest BCUT2D eigenvalue weighted by molar-refractivity contribution is 0.673. The van der Waals surface area contributed by atoms with E-state index < -0.39 is 0 Å². The number of amidine groups is 1. The van der Waals surface area contributed by atoms with Crippen LogP contribution < -0.4 is 5.32 Å². The molecule has 4 nitrogen and oxygen atoms in total. The Morgan fingerprint density at radius 1 is 1.33 bits per heavy atom. The largest absolute Gasteiger partial charge is 0.280 e. The number of hydrogen-bond donors (Lipinski definition) is 1. The highest BCUT2D eigenvalue weighted by Gasteiger charge is 2.08. The van der Waals surface area contributed by atoms with Crippen molar-refractivity contribution in [3.05, 3.63) is 35.9 Å². The van der Waals surface area contributed by atoms with Crippen LogP contribution in [0.5, 0.6) is 0 Å². The molecule has 0 fully saturated rings. The van der Waals surface area contributed by atoms with Gasteiger partial charge in [0.05, 0.1) is 12.5 Å². The zero-order chi connectivity index (χ0) is 13.2. The van der Waals surface area contributed by atoms with Crippen molar-refractivity contribution in [3.63, 3.8) is 0 Å². The van der Waals surface area contributed by atoms with Gasteiger partial charge in [0, 0.05) is 12.5 Å². The van der Waals surface area contributed by atoms with Crippen LogP contribution in [-0.2, 0) is 0 Å². The molecule has 0 saturated heterocycles. The Balaban J connectivity index is 2.72. The maximum Gasteiger partial charge on any atom is 0.182 e. The van der Waals surface area contributed by atoms with Gasteiger partial charge in [-0.05, 0) is 12.0 Å². The summed E-state index contributed by atoms with van der Waals surface area (Å²) in [6.07, 6.45) is 2.91. The SMILES string of the molecule is CCC(CN=C(CC#N)NC#N)c1ccccc1. The summed E-state index contributed by atoms with van der Waals surface area (Å²) in [4.78, 5) is 4.31. The van der Waals surface area contributed by atoms with Gasteiger partial charge < -0.3 is 0 Å². The first-order chi connectivity index (χ1) is 8.81. The number of nitrogens with zero attached hydrogens (tertiary/aromatic N) is 3. The summed E-state index contributed by atoms with van der Waals surface area (Å²) in [6, 6.07) is 12.1. The summed E-state index contributed by atoms with van der Waals surface area (Å²) in [7, 11) is 0. The Morgan fingerprint density at radius 3 is 2.61 bits per heavy atom. The van der Waals surface area contributed by atoms with E-state index in [1.165, 1.54) is 5.56 Å². The van der Waals surface area contributed by atoms with Crippen LogP contribution >= 0.6 is 0 Å². The molecular weight excluding hydrogens is 224 g/mol. The van der Waals surface area contributed by atoms with Gasteiger partial charge in [0.2, 0.25) is 0 Å². The Morgan fingerprint density at radius 2 is 2.06 bits per heavy atom. The minimum Gasteiger partial charge on any atom is -0.280 e. The number of aliphatic imine (C=N–C) groups is 1. The average molecular weight is 240 g/mol. The van der Waals surface area contributed by atoms with Crippen LogP contribution in [0.1, 0.15) is 31.2 Å². The van der Waals surface area contributed by atoms with E-state index in [1.54, 1.807) is 6.19 Å². The van der Waals surface area contributed by atoms with Gasteiger partial charge in [-0.3, -0.25) is 10.3 Å². The molecule has 0 bridgehead atoms. The molecule has 4 heteroatoms. The highest BCUT2D eigenvalue weighted by atomic mass is 15.0. The Kier molecular flexibility index (Phi) is 6.00. The summed E-state index contributed by atoms with van der Waals surface area (Å²) in [5.41, 5.74) is 1.23. The molecule has 0 saturated carbocycles. The Hall–Kier alpha value is -2.33. The molecule has 0 aliphatic heterocycles. The zero-order valence-electron chi connectivity index (χ0n) is 10.4. The quantitative estimate of drug-likeness (QED) is 0.372. The molecule has 0 aliphatic carbocycles. The summed E-state index contributed by atoms with van der Waals surface area (Å²) in [6.45, 7) is 2.70. The number of nitriles is 2. The van der Waals surface area contributed by atoms with Gasteiger partial charge >= 0.3 is 0 Å². The van der Waals surface area contributed by atoms with Crippen LogP contribution in [0.3, 0.4) is 0 Å². The fourth-order valence-electron chi connectivity index (χ4n) is 1.69. The first-order valence-corrected chi connectivity index (χ1v) is 5.92. The lowest BCUT2D eigenvalue weighted by Crippen LogP contribution is -2.18. The molecule has 1 rings (SSSR count).